The number of carbonyl (C=O) groups is 1. The lowest BCUT2D eigenvalue weighted by Crippen LogP contribution is -2.06. The molecule has 18 heavy (non-hydrogen) atoms. The molecular weight excluding hydrogens is 224 g/mol. The van der Waals surface area contributed by atoms with Crippen LogP contribution >= 0.6 is 0 Å². The molecule has 1 saturated carbocycles. The largest absolute Gasteiger partial charge is 0.298 e. The van der Waals surface area contributed by atoms with E-state index in [0.717, 1.165) is 29.5 Å². The predicted molar refractivity (Wildman–Crippen MR) is 72.0 cm³/mol. The van der Waals surface area contributed by atoms with Crippen LogP contribution < -0.4 is 0 Å². The minimum Gasteiger partial charge on any atom is -0.298 e. The van der Waals surface area contributed by atoms with Crippen LogP contribution in [0.15, 0.2) is 18.2 Å². The number of nitrogens with zero attached hydrogens (tertiary/aromatic N) is 2. The Bertz CT molecular complexity index is 579. The SMILES string of the molecule is CCc1nn(C2CCCC2)c2cc(C=O)ccc12. The van der Waals surface area contributed by atoms with Crippen LogP contribution in [0.5, 0.6) is 0 Å². The molecule has 3 nitrogen and oxygen atoms in total. The number of aldehydes is 1. The number of aromatic nitrogens is 2. The number of hydrogen-bond acceptors (Lipinski definition) is 2. The Hall–Kier alpha value is -1.64. The van der Waals surface area contributed by atoms with Crippen LogP contribution in [0.1, 0.15) is 54.7 Å². The van der Waals surface area contributed by atoms with E-state index in [1.54, 1.807) is 0 Å². The van der Waals surface area contributed by atoms with Crippen molar-refractivity contribution in [3.63, 3.8) is 0 Å². The number of benzene rings is 1. The minimum atomic E-state index is 0.523. The minimum absolute atomic E-state index is 0.523. The highest BCUT2D eigenvalue weighted by Gasteiger charge is 2.21. The third kappa shape index (κ3) is 1.74. The van der Waals surface area contributed by atoms with E-state index in [4.69, 9.17) is 5.10 Å². The van der Waals surface area contributed by atoms with Gasteiger partial charge in [-0.2, -0.15) is 5.10 Å². The zero-order valence-electron chi connectivity index (χ0n) is 10.7. The summed E-state index contributed by atoms with van der Waals surface area (Å²) in [4.78, 5) is 10.9. The van der Waals surface area contributed by atoms with Gasteiger partial charge in [0.2, 0.25) is 0 Å². The first-order valence-corrected chi connectivity index (χ1v) is 6.79. The van der Waals surface area contributed by atoms with Crippen LogP contribution in [0.4, 0.5) is 0 Å². The lowest BCUT2D eigenvalue weighted by atomic mass is 10.1. The molecule has 1 fully saturated rings. The van der Waals surface area contributed by atoms with E-state index in [1.807, 2.05) is 18.2 Å². The van der Waals surface area contributed by atoms with E-state index in [0.29, 0.717) is 6.04 Å². The molecule has 2 aromatic rings. The Morgan fingerprint density at radius 3 is 2.83 bits per heavy atom. The summed E-state index contributed by atoms with van der Waals surface area (Å²) in [7, 11) is 0. The number of hydrogen-bond donors (Lipinski definition) is 0. The standard InChI is InChI=1S/C15H18N2O/c1-2-14-13-8-7-11(10-18)9-15(13)17(16-14)12-5-3-4-6-12/h7-10,12H,2-6H2,1H3. The van der Waals surface area contributed by atoms with Gasteiger partial charge in [0.05, 0.1) is 17.3 Å². The predicted octanol–water partition coefficient (Wildman–Crippen LogP) is 3.53. The molecule has 1 aliphatic carbocycles. The fraction of sp³-hybridized carbons (Fsp3) is 0.467. The van der Waals surface area contributed by atoms with E-state index in [-0.39, 0.29) is 0 Å². The Balaban J connectivity index is 2.19. The van der Waals surface area contributed by atoms with Crippen molar-refractivity contribution in [2.24, 2.45) is 0 Å². The molecular formula is C15H18N2O. The van der Waals surface area contributed by atoms with Crippen LogP contribution in [0.25, 0.3) is 10.9 Å². The Morgan fingerprint density at radius 1 is 1.39 bits per heavy atom. The van der Waals surface area contributed by atoms with Gasteiger partial charge < -0.3 is 0 Å². The molecule has 0 aliphatic heterocycles. The van der Waals surface area contributed by atoms with Gasteiger partial charge in [0.25, 0.3) is 0 Å². The van der Waals surface area contributed by atoms with Crippen LogP contribution in [-0.4, -0.2) is 16.1 Å². The molecule has 0 N–H and O–H groups in total. The van der Waals surface area contributed by atoms with Gasteiger partial charge in [-0.15, -0.1) is 0 Å². The van der Waals surface area contributed by atoms with E-state index >= 15 is 0 Å². The molecule has 1 aromatic carbocycles. The van der Waals surface area contributed by atoms with Crippen LogP contribution in [0.2, 0.25) is 0 Å². The molecule has 0 radical (unpaired) electrons. The zero-order chi connectivity index (χ0) is 12.5. The second-order valence-electron chi connectivity index (χ2n) is 5.08. The highest BCUT2D eigenvalue weighted by molar-refractivity contribution is 5.88. The first-order valence-electron chi connectivity index (χ1n) is 6.79. The average Bonchev–Trinajstić information content (AvgIpc) is 3.04. The highest BCUT2D eigenvalue weighted by Crippen LogP contribution is 2.33. The van der Waals surface area contributed by atoms with Crippen LogP contribution in [-0.2, 0) is 6.42 Å². The molecule has 1 aliphatic rings. The van der Waals surface area contributed by atoms with Crippen molar-refractivity contribution < 1.29 is 4.79 Å². The maximum absolute atomic E-state index is 10.9. The van der Waals surface area contributed by atoms with Crippen molar-refractivity contribution in [1.82, 2.24) is 9.78 Å². The summed E-state index contributed by atoms with van der Waals surface area (Å²) in [5.41, 5.74) is 3.02. The fourth-order valence-electron chi connectivity index (χ4n) is 2.98. The summed E-state index contributed by atoms with van der Waals surface area (Å²) in [6, 6.07) is 6.42. The first-order chi connectivity index (χ1) is 8.83. The Kier molecular flexibility index (Phi) is 2.90. The second-order valence-corrected chi connectivity index (χ2v) is 5.08. The summed E-state index contributed by atoms with van der Waals surface area (Å²) in [6.07, 6.45) is 6.87. The van der Waals surface area contributed by atoms with Crippen LogP contribution in [0, 0.1) is 0 Å². The molecule has 1 aromatic heterocycles. The topological polar surface area (TPSA) is 34.9 Å². The van der Waals surface area contributed by atoms with Gasteiger partial charge in [0, 0.05) is 10.9 Å². The maximum Gasteiger partial charge on any atom is 0.150 e. The van der Waals surface area contributed by atoms with E-state index in [9.17, 15) is 4.79 Å². The molecule has 0 atom stereocenters. The van der Waals surface area contributed by atoms with Crippen molar-refractivity contribution in [2.75, 3.05) is 0 Å². The quantitative estimate of drug-likeness (QED) is 0.772. The number of rotatable bonds is 3. The molecule has 3 heteroatoms. The van der Waals surface area contributed by atoms with Gasteiger partial charge in [-0.1, -0.05) is 31.9 Å². The molecule has 0 amide bonds. The normalized spacial score (nSPS) is 16.5. The van der Waals surface area contributed by atoms with Crippen molar-refractivity contribution in [3.8, 4) is 0 Å². The molecule has 3 rings (SSSR count). The van der Waals surface area contributed by atoms with E-state index < -0.39 is 0 Å². The summed E-state index contributed by atoms with van der Waals surface area (Å²) >= 11 is 0. The molecule has 0 unspecified atom stereocenters. The molecule has 0 spiro atoms. The molecule has 94 valence electrons. The Morgan fingerprint density at radius 2 is 2.17 bits per heavy atom. The monoisotopic (exact) mass is 242 g/mol. The van der Waals surface area contributed by atoms with Gasteiger partial charge >= 0.3 is 0 Å². The summed E-state index contributed by atoms with van der Waals surface area (Å²) in [5, 5.41) is 5.97. The smallest absolute Gasteiger partial charge is 0.150 e. The lowest BCUT2D eigenvalue weighted by molar-refractivity contribution is 0.112. The molecule has 0 bridgehead atoms. The van der Waals surface area contributed by atoms with Crippen molar-refractivity contribution in [3.05, 3.63) is 29.5 Å². The van der Waals surface area contributed by atoms with Gasteiger partial charge in [-0.25, -0.2) is 0 Å². The van der Waals surface area contributed by atoms with Crippen molar-refractivity contribution in [1.29, 1.82) is 0 Å². The van der Waals surface area contributed by atoms with Gasteiger partial charge in [-0.05, 0) is 25.3 Å². The summed E-state index contributed by atoms with van der Waals surface area (Å²) in [5.74, 6) is 0. The van der Waals surface area contributed by atoms with Crippen LogP contribution in [0.3, 0.4) is 0 Å². The average molecular weight is 242 g/mol. The van der Waals surface area contributed by atoms with E-state index in [1.165, 1.54) is 31.1 Å². The third-order valence-corrected chi connectivity index (χ3v) is 3.95. The van der Waals surface area contributed by atoms with E-state index in [2.05, 4.69) is 11.6 Å². The maximum atomic E-state index is 10.9. The highest BCUT2D eigenvalue weighted by atomic mass is 16.1. The Labute approximate surface area is 107 Å². The first kappa shape index (κ1) is 11.5. The lowest BCUT2D eigenvalue weighted by Gasteiger charge is -2.11. The van der Waals surface area contributed by atoms with Gasteiger partial charge in [0.1, 0.15) is 6.29 Å². The number of fused-ring (bicyclic) bond motifs is 1. The van der Waals surface area contributed by atoms with Crippen molar-refractivity contribution >= 4 is 17.2 Å². The third-order valence-electron chi connectivity index (χ3n) is 3.95. The molecule has 1 heterocycles. The van der Waals surface area contributed by atoms with Gasteiger partial charge in [0.15, 0.2) is 0 Å². The van der Waals surface area contributed by atoms with Crippen molar-refractivity contribution in [2.45, 2.75) is 45.1 Å². The molecule has 0 saturated heterocycles. The van der Waals surface area contributed by atoms with Gasteiger partial charge in [-0.3, -0.25) is 9.48 Å². The summed E-state index contributed by atoms with van der Waals surface area (Å²) < 4.78 is 2.16. The number of aryl methyl sites for hydroxylation is 1. The zero-order valence-corrected chi connectivity index (χ0v) is 10.7. The number of carbonyl (C=O) groups excluding carboxylic acids is 1. The summed E-state index contributed by atoms with van der Waals surface area (Å²) in [6.45, 7) is 2.13. The second kappa shape index (κ2) is 4.56. The fourth-order valence-corrected chi connectivity index (χ4v) is 2.98.